The van der Waals surface area contributed by atoms with Gasteiger partial charge in [0.1, 0.15) is 0 Å². The first-order valence-corrected chi connectivity index (χ1v) is 6.78. The van der Waals surface area contributed by atoms with Crippen molar-refractivity contribution in [1.29, 1.82) is 0 Å². The molecule has 0 bridgehead atoms. The van der Waals surface area contributed by atoms with Gasteiger partial charge in [0.2, 0.25) is 0 Å². The van der Waals surface area contributed by atoms with Crippen molar-refractivity contribution in [1.82, 2.24) is 5.32 Å². The van der Waals surface area contributed by atoms with E-state index in [1.54, 1.807) is 0 Å². The molecule has 0 aliphatic heterocycles. The lowest BCUT2D eigenvalue weighted by Crippen LogP contribution is -2.30. The van der Waals surface area contributed by atoms with E-state index in [2.05, 4.69) is 64.2 Å². The molecule has 17 heavy (non-hydrogen) atoms. The number of aryl methyl sites for hydroxylation is 1. The van der Waals surface area contributed by atoms with Crippen LogP contribution < -0.4 is 5.32 Å². The largest absolute Gasteiger partial charge is 0.309 e. The Kier molecular flexibility index (Phi) is 5.20. The zero-order chi connectivity index (χ0) is 12.9. The summed E-state index contributed by atoms with van der Waals surface area (Å²) in [6.07, 6.45) is 2.26. The number of benzene rings is 1. The molecule has 0 fully saturated rings. The maximum Gasteiger partial charge on any atom is 0.0317 e. The highest BCUT2D eigenvalue weighted by Crippen LogP contribution is 2.20. The number of hydrogen-bond donors (Lipinski definition) is 1. The van der Waals surface area contributed by atoms with Gasteiger partial charge in [-0.1, -0.05) is 58.9 Å². The van der Waals surface area contributed by atoms with Crippen LogP contribution in [0.5, 0.6) is 0 Å². The molecule has 1 aromatic rings. The van der Waals surface area contributed by atoms with Crippen molar-refractivity contribution >= 4 is 0 Å². The summed E-state index contributed by atoms with van der Waals surface area (Å²) in [5, 5.41) is 3.66. The lowest BCUT2D eigenvalue weighted by molar-refractivity contribution is 0.349. The Hall–Kier alpha value is -0.820. The second kappa shape index (κ2) is 6.20. The van der Waals surface area contributed by atoms with Crippen molar-refractivity contribution in [2.24, 2.45) is 5.41 Å². The van der Waals surface area contributed by atoms with Gasteiger partial charge in [-0.05, 0) is 29.4 Å². The summed E-state index contributed by atoms with van der Waals surface area (Å²) in [5.41, 5.74) is 3.17. The lowest BCUT2D eigenvalue weighted by Gasteiger charge is -2.24. The molecule has 1 aromatic carbocycles. The lowest BCUT2D eigenvalue weighted by atomic mass is 9.95. The summed E-state index contributed by atoms with van der Waals surface area (Å²) in [5.74, 6) is 0. The van der Waals surface area contributed by atoms with Gasteiger partial charge in [-0.25, -0.2) is 0 Å². The summed E-state index contributed by atoms with van der Waals surface area (Å²) in [6.45, 7) is 12.3. The summed E-state index contributed by atoms with van der Waals surface area (Å²) in [7, 11) is 0. The molecule has 1 rings (SSSR count). The average molecular weight is 233 g/mol. The molecule has 1 N–H and O–H groups in total. The van der Waals surface area contributed by atoms with E-state index in [4.69, 9.17) is 0 Å². The Bertz CT molecular complexity index is 318. The maximum atomic E-state index is 3.66. The number of nitrogens with one attached hydrogen (secondary N) is 1. The first-order valence-electron chi connectivity index (χ1n) is 6.78. The fourth-order valence-corrected chi connectivity index (χ4v) is 1.91. The molecule has 0 aliphatic rings. The highest BCUT2D eigenvalue weighted by atomic mass is 14.9. The molecule has 0 spiro atoms. The van der Waals surface area contributed by atoms with Gasteiger partial charge in [0.25, 0.3) is 0 Å². The van der Waals surface area contributed by atoms with Crippen LogP contribution in [0.2, 0.25) is 0 Å². The van der Waals surface area contributed by atoms with Gasteiger partial charge < -0.3 is 5.32 Å². The van der Waals surface area contributed by atoms with Crippen LogP contribution in [0.4, 0.5) is 0 Å². The van der Waals surface area contributed by atoms with Crippen LogP contribution in [0, 0.1) is 5.41 Å². The summed E-state index contributed by atoms with van der Waals surface area (Å²) in [6, 6.07) is 9.51. The first-order chi connectivity index (χ1) is 7.96. The van der Waals surface area contributed by atoms with E-state index < -0.39 is 0 Å². The predicted octanol–water partition coefficient (Wildman–Crippen LogP) is 4.34. The van der Waals surface area contributed by atoms with Crippen LogP contribution in [0.1, 0.15) is 58.2 Å². The van der Waals surface area contributed by atoms with E-state index in [-0.39, 0.29) is 0 Å². The van der Waals surface area contributed by atoms with Crippen LogP contribution in [0.15, 0.2) is 24.3 Å². The van der Waals surface area contributed by atoms with Gasteiger partial charge in [-0.3, -0.25) is 0 Å². The Balaban J connectivity index is 2.66. The molecule has 1 nitrogen and oxygen atoms in total. The molecular formula is C16H27N. The molecule has 1 atom stereocenters. The van der Waals surface area contributed by atoms with Gasteiger partial charge in [-0.2, -0.15) is 0 Å². The fraction of sp³-hybridized carbons (Fsp3) is 0.625. The maximum absolute atomic E-state index is 3.66. The van der Waals surface area contributed by atoms with Crippen molar-refractivity contribution in [2.45, 2.75) is 53.5 Å². The van der Waals surface area contributed by atoms with E-state index in [9.17, 15) is 0 Å². The van der Waals surface area contributed by atoms with Gasteiger partial charge in [0, 0.05) is 12.6 Å². The van der Waals surface area contributed by atoms with Gasteiger partial charge in [0.05, 0.1) is 0 Å². The standard InChI is InChI=1S/C16H27N/c1-6-13-8-10-14(11-9-13)15(7-2)17-12-16(3,4)5/h8-11,15,17H,6-7,12H2,1-5H3. The third-order valence-electron chi connectivity index (χ3n) is 3.08. The normalized spacial score (nSPS) is 13.7. The second-order valence-corrected chi connectivity index (χ2v) is 6.00. The molecular weight excluding hydrogens is 206 g/mol. The number of rotatable bonds is 5. The monoisotopic (exact) mass is 233 g/mol. The van der Waals surface area contributed by atoms with E-state index in [0.717, 1.165) is 19.4 Å². The minimum absolute atomic E-state index is 0.344. The van der Waals surface area contributed by atoms with Crippen LogP contribution >= 0.6 is 0 Å². The third-order valence-corrected chi connectivity index (χ3v) is 3.08. The van der Waals surface area contributed by atoms with E-state index in [1.807, 2.05) is 0 Å². The minimum atomic E-state index is 0.344. The van der Waals surface area contributed by atoms with Crippen LogP contribution in [-0.2, 0) is 6.42 Å². The van der Waals surface area contributed by atoms with Crippen molar-refractivity contribution in [3.63, 3.8) is 0 Å². The SMILES string of the molecule is CCc1ccc(C(CC)NCC(C)(C)C)cc1. The highest BCUT2D eigenvalue weighted by molar-refractivity contribution is 5.25. The zero-order valence-electron chi connectivity index (χ0n) is 12.0. The molecule has 0 radical (unpaired) electrons. The highest BCUT2D eigenvalue weighted by Gasteiger charge is 2.14. The zero-order valence-corrected chi connectivity index (χ0v) is 12.0. The summed E-state index contributed by atoms with van der Waals surface area (Å²) < 4.78 is 0. The van der Waals surface area contributed by atoms with Crippen molar-refractivity contribution in [3.05, 3.63) is 35.4 Å². The molecule has 1 unspecified atom stereocenters. The molecule has 0 heterocycles. The molecule has 0 amide bonds. The van der Waals surface area contributed by atoms with E-state index >= 15 is 0 Å². The quantitative estimate of drug-likeness (QED) is 0.798. The molecule has 1 heteroatoms. The molecule has 96 valence electrons. The minimum Gasteiger partial charge on any atom is -0.309 e. The van der Waals surface area contributed by atoms with Crippen LogP contribution in [0.3, 0.4) is 0 Å². The van der Waals surface area contributed by atoms with E-state index in [0.29, 0.717) is 11.5 Å². The molecule has 0 saturated carbocycles. The summed E-state index contributed by atoms with van der Waals surface area (Å²) in [4.78, 5) is 0. The smallest absolute Gasteiger partial charge is 0.0317 e. The van der Waals surface area contributed by atoms with Crippen molar-refractivity contribution in [2.75, 3.05) is 6.54 Å². The molecule has 0 saturated heterocycles. The van der Waals surface area contributed by atoms with Gasteiger partial charge in [-0.15, -0.1) is 0 Å². The van der Waals surface area contributed by atoms with Gasteiger partial charge >= 0.3 is 0 Å². The molecule has 0 aromatic heterocycles. The van der Waals surface area contributed by atoms with E-state index in [1.165, 1.54) is 11.1 Å². The topological polar surface area (TPSA) is 12.0 Å². The second-order valence-electron chi connectivity index (χ2n) is 6.00. The molecule has 0 aliphatic carbocycles. The van der Waals surface area contributed by atoms with Crippen molar-refractivity contribution < 1.29 is 0 Å². The first kappa shape index (κ1) is 14.2. The fourth-order valence-electron chi connectivity index (χ4n) is 1.91. The average Bonchev–Trinajstić information content (AvgIpc) is 2.29. The van der Waals surface area contributed by atoms with Crippen LogP contribution in [-0.4, -0.2) is 6.54 Å². The Morgan fingerprint density at radius 2 is 1.65 bits per heavy atom. The Labute approximate surface area is 107 Å². The Morgan fingerprint density at radius 3 is 2.06 bits per heavy atom. The van der Waals surface area contributed by atoms with Gasteiger partial charge in [0.15, 0.2) is 0 Å². The van der Waals surface area contributed by atoms with Crippen molar-refractivity contribution in [3.8, 4) is 0 Å². The predicted molar refractivity (Wildman–Crippen MR) is 76.3 cm³/mol. The van der Waals surface area contributed by atoms with Crippen LogP contribution in [0.25, 0.3) is 0 Å². The third kappa shape index (κ3) is 4.91. The number of hydrogen-bond acceptors (Lipinski definition) is 1. The summed E-state index contributed by atoms with van der Waals surface area (Å²) >= 11 is 0. The Morgan fingerprint density at radius 1 is 1.06 bits per heavy atom.